The second-order valence-corrected chi connectivity index (χ2v) is 4.74. The normalized spacial score (nSPS) is 17.1. The summed E-state index contributed by atoms with van der Waals surface area (Å²) >= 11 is 0. The molecule has 2 aromatic rings. The molecule has 0 fully saturated rings. The van der Waals surface area contributed by atoms with Crippen molar-refractivity contribution in [3.05, 3.63) is 47.4 Å². The fourth-order valence-corrected chi connectivity index (χ4v) is 2.53. The van der Waals surface area contributed by atoms with Crippen LogP contribution in [0.4, 0.5) is 5.95 Å². The molecule has 0 saturated carbocycles. The van der Waals surface area contributed by atoms with E-state index in [1.165, 1.54) is 6.33 Å². The minimum atomic E-state index is -0.492. The molecular formula is C14H15N5O2. The van der Waals surface area contributed by atoms with E-state index in [0.29, 0.717) is 23.0 Å². The molecule has 7 heteroatoms. The first kappa shape index (κ1) is 13.2. The van der Waals surface area contributed by atoms with Crippen LogP contribution in [0.1, 0.15) is 18.5 Å². The number of methoxy groups -OCH3 is 1. The summed E-state index contributed by atoms with van der Waals surface area (Å²) in [4.78, 5) is 16.0. The zero-order chi connectivity index (χ0) is 15.0. The highest BCUT2D eigenvalue weighted by atomic mass is 16.5. The Hall–Kier alpha value is -2.83. The van der Waals surface area contributed by atoms with Crippen LogP contribution in [0.5, 0.6) is 5.75 Å². The van der Waals surface area contributed by atoms with E-state index in [1.54, 1.807) is 18.7 Å². The van der Waals surface area contributed by atoms with Crippen molar-refractivity contribution in [3.8, 4) is 5.75 Å². The van der Waals surface area contributed by atoms with E-state index in [2.05, 4.69) is 15.4 Å². The Morgan fingerprint density at radius 2 is 2.29 bits per heavy atom. The highest BCUT2D eigenvalue weighted by Gasteiger charge is 2.32. The maximum atomic E-state index is 11.9. The number of nitrogens with zero attached hydrogens (tertiary/aromatic N) is 3. The van der Waals surface area contributed by atoms with E-state index in [0.717, 1.165) is 5.56 Å². The minimum Gasteiger partial charge on any atom is -0.497 e. The zero-order valence-electron chi connectivity index (χ0n) is 11.7. The predicted molar refractivity (Wildman–Crippen MR) is 76.7 cm³/mol. The lowest BCUT2D eigenvalue weighted by Gasteiger charge is -2.27. The van der Waals surface area contributed by atoms with Crippen molar-refractivity contribution in [2.24, 2.45) is 5.73 Å². The number of carbonyl (C=O) groups excluding carboxylic acids is 1. The Labute approximate surface area is 121 Å². The van der Waals surface area contributed by atoms with Crippen LogP contribution >= 0.6 is 0 Å². The average Bonchev–Trinajstić information content (AvgIpc) is 2.93. The van der Waals surface area contributed by atoms with Gasteiger partial charge in [-0.3, -0.25) is 4.79 Å². The van der Waals surface area contributed by atoms with Gasteiger partial charge in [0, 0.05) is 5.70 Å². The second kappa shape index (κ2) is 4.93. The van der Waals surface area contributed by atoms with Gasteiger partial charge >= 0.3 is 0 Å². The van der Waals surface area contributed by atoms with Crippen LogP contribution in [-0.4, -0.2) is 27.8 Å². The topological polar surface area (TPSA) is 95.1 Å². The van der Waals surface area contributed by atoms with Gasteiger partial charge in [-0.2, -0.15) is 10.1 Å². The standard InChI is InChI=1S/C14H15N5O2/c1-8-11(13(15)20)12(19-14(18-8)16-7-17-19)9-4-3-5-10(6-9)21-2/h3-7,12H,1-2H3,(H2,15,20)(H,16,17,18). The van der Waals surface area contributed by atoms with Gasteiger partial charge in [-0.25, -0.2) is 4.68 Å². The molecule has 7 nitrogen and oxygen atoms in total. The Balaban J connectivity index is 2.19. The van der Waals surface area contributed by atoms with Crippen molar-refractivity contribution < 1.29 is 9.53 Å². The van der Waals surface area contributed by atoms with Crippen LogP contribution in [-0.2, 0) is 4.79 Å². The lowest BCUT2D eigenvalue weighted by molar-refractivity contribution is -0.115. The van der Waals surface area contributed by atoms with Crippen molar-refractivity contribution in [1.82, 2.24) is 14.8 Å². The lowest BCUT2D eigenvalue weighted by atomic mass is 9.95. The van der Waals surface area contributed by atoms with Gasteiger partial charge in [0.2, 0.25) is 11.9 Å². The summed E-state index contributed by atoms with van der Waals surface area (Å²) in [5.74, 6) is 0.786. The van der Waals surface area contributed by atoms with E-state index in [1.807, 2.05) is 24.3 Å². The van der Waals surface area contributed by atoms with Crippen molar-refractivity contribution in [2.75, 3.05) is 12.4 Å². The maximum Gasteiger partial charge on any atom is 0.248 e. The van der Waals surface area contributed by atoms with E-state index >= 15 is 0 Å². The number of anilines is 1. The van der Waals surface area contributed by atoms with Crippen molar-refractivity contribution in [1.29, 1.82) is 0 Å². The van der Waals surface area contributed by atoms with Gasteiger partial charge in [0.1, 0.15) is 18.1 Å². The molecule has 1 aliphatic rings. The molecule has 1 aromatic heterocycles. The first-order chi connectivity index (χ1) is 10.1. The van der Waals surface area contributed by atoms with E-state index in [-0.39, 0.29) is 0 Å². The predicted octanol–water partition coefficient (Wildman–Crippen LogP) is 1.06. The Morgan fingerprint density at radius 1 is 1.48 bits per heavy atom. The first-order valence-corrected chi connectivity index (χ1v) is 6.43. The highest BCUT2D eigenvalue weighted by Crippen LogP contribution is 2.35. The molecule has 3 N–H and O–H groups in total. The van der Waals surface area contributed by atoms with Crippen LogP contribution in [0.15, 0.2) is 41.9 Å². The van der Waals surface area contributed by atoms with Crippen molar-refractivity contribution >= 4 is 11.9 Å². The van der Waals surface area contributed by atoms with Crippen molar-refractivity contribution in [3.63, 3.8) is 0 Å². The van der Waals surface area contributed by atoms with E-state index < -0.39 is 11.9 Å². The summed E-state index contributed by atoms with van der Waals surface area (Å²) in [6.07, 6.45) is 1.44. The third-order valence-corrected chi connectivity index (χ3v) is 3.47. The van der Waals surface area contributed by atoms with Crippen LogP contribution in [0.2, 0.25) is 0 Å². The second-order valence-electron chi connectivity index (χ2n) is 4.74. The Morgan fingerprint density at radius 3 is 3.00 bits per heavy atom. The molecule has 1 amide bonds. The molecular weight excluding hydrogens is 270 g/mol. The minimum absolute atomic E-state index is 0.420. The molecule has 108 valence electrons. The van der Waals surface area contributed by atoms with Crippen LogP contribution < -0.4 is 15.8 Å². The summed E-state index contributed by atoms with van der Waals surface area (Å²) in [6, 6.07) is 7.04. The summed E-state index contributed by atoms with van der Waals surface area (Å²) in [5, 5.41) is 7.23. The summed E-state index contributed by atoms with van der Waals surface area (Å²) in [7, 11) is 1.60. The third-order valence-electron chi connectivity index (χ3n) is 3.47. The first-order valence-electron chi connectivity index (χ1n) is 6.43. The van der Waals surface area contributed by atoms with Gasteiger partial charge in [-0.05, 0) is 24.6 Å². The molecule has 1 aromatic carbocycles. The molecule has 1 aliphatic heterocycles. The smallest absolute Gasteiger partial charge is 0.248 e. The number of ether oxygens (including phenoxy) is 1. The molecule has 21 heavy (non-hydrogen) atoms. The van der Waals surface area contributed by atoms with Gasteiger partial charge in [-0.15, -0.1) is 0 Å². The fraction of sp³-hybridized carbons (Fsp3) is 0.214. The number of carbonyl (C=O) groups is 1. The average molecular weight is 285 g/mol. The lowest BCUT2D eigenvalue weighted by Crippen LogP contribution is -2.31. The number of amides is 1. The van der Waals surface area contributed by atoms with E-state index in [4.69, 9.17) is 10.5 Å². The van der Waals surface area contributed by atoms with Crippen LogP contribution in [0.25, 0.3) is 0 Å². The third kappa shape index (κ3) is 2.12. The quantitative estimate of drug-likeness (QED) is 0.879. The van der Waals surface area contributed by atoms with Crippen LogP contribution in [0, 0.1) is 0 Å². The van der Waals surface area contributed by atoms with Crippen LogP contribution in [0.3, 0.4) is 0 Å². The monoisotopic (exact) mass is 285 g/mol. The molecule has 1 unspecified atom stereocenters. The summed E-state index contributed by atoms with van der Waals surface area (Å²) < 4.78 is 6.89. The molecule has 2 heterocycles. The number of primary amides is 1. The zero-order valence-corrected chi connectivity index (χ0v) is 11.7. The number of hydrogen-bond donors (Lipinski definition) is 2. The molecule has 3 rings (SSSR count). The van der Waals surface area contributed by atoms with Gasteiger partial charge in [-0.1, -0.05) is 12.1 Å². The fourth-order valence-electron chi connectivity index (χ4n) is 2.53. The summed E-state index contributed by atoms with van der Waals surface area (Å²) in [6.45, 7) is 1.80. The number of aromatic nitrogens is 3. The van der Waals surface area contributed by atoms with E-state index in [9.17, 15) is 4.79 Å². The number of rotatable bonds is 3. The number of benzene rings is 1. The molecule has 0 spiro atoms. The van der Waals surface area contributed by atoms with Gasteiger partial charge in [0.15, 0.2) is 0 Å². The molecule has 0 saturated heterocycles. The SMILES string of the molecule is COc1cccc(C2C(C(N)=O)=C(C)Nc3ncnn32)c1. The number of hydrogen-bond acceptors (Lipinski definition) is 5. The Bertz CT molecular complexity index is 734. The number of allylic oxidation sites excluding steroid dienone is 1. The van der Waals surface area contributed by atoms with Gasteiger partial charge in [0.25, 0.3) is 0 Å². The van der Waals surface area contributed by atoms with Gasteiger partial charge < -0.3 is 15.8 Å². The Kier molecular flexibility index (Phi) is 3.09. The van der Waals surface area contributed by atoms with Crippen molar-refractivity contribution in [2.45, 2.75) is 13.0 Å². The highest BCUT2D eigenvalue weighted by molar-refractivity contribution is 5.95. The number of nitrogens with two attached hydrogens (primary N) is 1. The van der Waals surface area contributed by atoms with Gasteiger partial charge in [0.05, 0.1) is 12.7 Å². The maximum absolute atomic E-state index is 11.9. The summed E-state index contributed by atoms with van der Waals surface area (Å²) in [5.41, 5.74) is 7.55. The molecule has 0 aliphatic carbocycles. The molecule has 0 radical (unpaired) electrons. The largest absolute Gasteiger partial charge is 0.497 e. The number of fused-ring (bicyclic) bond motifs is 1. The number of nitrogens with one attached hydrogen (secondary N) is 1. The molecule has 1 atom stereocenters. The molecule has 0 bridgehead atoms.